The predicted octanol–water partition coefficient (Wildman–Crippen LogP) is 5.35. The van der Waals surface area contributed by atoms with Crippen molar-refractivity contribution in [2.75, 3.05) is 49.7 Å². The maximum atomic E-state index is 14.3. The first-order chi connectivity index (χ1) is 21.2. The van der Waals surface area contributed by atoms with E-state index in [0.29, 0.717) is 45.6 Å². The minimum Gasteiger partial charge on any atom is -0.493 e. The van der Waals surface area contributed by atoms with Gasteiger partial charge >= 0.3 is 5.97 Å². The fourth-order valence-corrected chi connectivity index (χ4v) is 5.05. The Morgan fingerprint density at radius 3 is 1.50 bits per heavy atom. The number of amides is 1. The number of esters is 1. The summed E-state index contributed by atoms with van der Waals surface area (Å²) in [5.74, 6) is 1.26. The molecular weight excluding hydrogens is 566 g/mol. The van der Waals surface area contributed by atoms with Gasteiger partial charge in [0.15, 0.2) is 23.0 Å². The monoisotopic (exact) mass is 603 g/mol. The summed E-state index contributed by atoms with van der Waals surface area (Å²) in [6, 6.07) is 15.6. The van der Waals surface area contributed by atoms with Crippen molar-refractivity contribution in [2.45, 2.75) is 19.1 Å². The molecule has 0 saturated carbocycles. The second kappa shape index (κ2) is 13.9. The number of rotatable bonds is 9. The Morgan fingerprint density at radius 2 is 1.09 bits per heavy atom. The first-order valence-electron chi connectivity index (χ1n) is 13.8. The lowest BCUT2D eigenvalue weighted by atomic mass is 9.94. The van der Waals surface area contributed by atoms with E-state index in [9.17, 15) is 9.59 Å². The zero-order chi connectivity index (χ0) is 32.0. The van der Waals surface area contributed by atoms with Crippen molar-refractivity contribution in [3.63, 3.8) is 0 Å². The summed E-state index contributed by atoms with van der Waals surface area (Å²) in [5, 5.41) is 0. The third kappa shape index (κ3) is 6.29. The van der Waals surface area contributed by atoms with Gasteiger partial charge in [0.1, 0.15) is 6.10 Å². The van der Waals surface area contributed by atoms with Crippen LogP contribution in [0.25, 0.3) is 12.2 Å². The molecule has 0 aromatic heterocycles. The highest BCUT2D eigenvalue weighted by molar-refractivity contribution is 6.15. The third-order valence-corrected chi connectivity index (χ3v) is 7.47. The lowest BCUT2D eigenvalue weighted by Crippen LogP contribution is -2.44. The number of benzene rings is 3. The normalized spacial score (nSPS) is 18.8. The summed E-state index contributed by atoms with van der Waals surface area (Å²) >= 11 is 0. The van der Waals surface area contributed by atoms with Crippen LogP contribution in [0.2, 0.25) is 0 Å². The molecular formula is C34H37NO9. The lowest BCUT2D eigenvalue weighted by Gasteiger charge is -2.35. The summed E-state index contributed by atoms with van der Waals surface area (Å²) in [7, 11) is 10.7. The lowest BCUT2D eigenvalue weighted by molar-refractivity contribution is -0.152. The summed E-state index contributed by atoms with van der Waals surface area (Å²) < 4.78 is 39.2. The van der Waals surface area contributed by atoms with E-state index in [4.69, 9.17) is 33.2 Å². The van der Waals surface area contributed by atoms with E-state index < -0.39 is 18.1 Å². The van der Waals surface area contributed by atoms with E-state index in [1.807, 2.05) is 37.3 Å². The number of ether oxygens (including phenoxy) is 7. The molecule has 44 heavy (non-hydrogen) atoms. The summed E-state index contributed by atoms with van der Waals surface area (Å²) in [6.07, 6.45) is 2.45. The predicted molar refractivity (Wildman–Crippen MR) is 166 cm³/mol. The number of likely N-dealkylation sites (N-methyl/N-ethyl adjacent to an activating group) is 1. The molecule has 0 N–H and O–H groups in total. The van der Waals surface area contributed by atoms with Gasteiger partial charge in [-0.25, -0.2) is 4.79 Å². The van der Waals surface area contributed by atoms with Gasteiger partial charge in [-0.05, 0) is 60.0 Å². The standard InChI is InChI=1S/C34H37NO9/c1-20-30(23-12-10-9-11-13-23)44-34(37)25(15-22-18-28(40-5)32(43-8)29(19-22)41-6)24(33(36)35(20)2)14-21-16-26(38-3)31(42-7)27(17-21)39-4/h9-20,30H,1-8H3/b24-14?,25-15+/t20-,30-/m0/s1. The fourth-order valence-electron chi connectivity index (χ4n) is 5.05. The highest BCUT2D eigenvalue weighted by Crippen LogP contribution is 2.41. The summed E-state index contributed by atoms with van der Waals surface area (Å²) in [4.78, 5) is 29.9. The molecule has 0 aliphatic carbocycles. The van der Waals surface area contributed by atoms with Gasteiger partial charge in [-0.1, -0.05) is 30.3 Å². The molecule has 1 saturated heterocycles. The Morgan fingerprint density at radius 1 is 0.659 bits per heavy atom. The van der Waals surface area contributed by atoms with Gasteiger partial charge in [0.05, 0.1) is 59.8 Å². The molecule has 2 atom stereocenters. The molecule has 0 radical (unpaired) electrons. The van der Waals surface area contributed by atoms with Crippen LogP contribution in [-0.2, 0) is 14.3 Å². The summed E-state index contributed by atoms with van der Waals surface area (Å²) in [5.41, 5.74) is 1.93. The number of methoxy groups -OCH3 is 6. The zero-order valence-electron chi connectivity index (χ0n) is 26.1. The van der Waals surface area contributed by atoms with Crippen LogP contribution in [-0.4, -0.2) is 72.5 Å². The van der Waals surface area contributed by atoms with E-state index in [-0.39, 0.29) is 17.1 Å². The SMILES string of the molecule is COc1cc(C=C2C(=O)N(C)[C@@H](C)[C@@H](c3ccccc3)OC(=O)/C2=C/c2cc(OC)c(OC)c(OC)c2)cc(OC)c1OC. The minimum atomic E-state index is -0.719. The van der Waals surface area contributed by atoms with Crippen LogP contribution < -0.4 is 28.4 Å². The van der Waals surface area contributed by atoms with E-state index in [0.717, 1.165) is 5.56 Å². The van der Waals surface area contributed by atoms with E-state index in [1.54, 1.807) is 48.4 Å². The van der Waals surface area contributed by atoms with Crippen LogP contribution in [0.3, 0.4) is 0 Å². The van der Waals surface area contributed by atoms with Gasteiger partial charge in [-0.15, -0.1) is 0 Å². The smallest absolute Gasteiger partial charge is 0.339 e. The maximum Gasteiger partial charge on any atom is 0.339 e. The van der Waals surface area contributed by atoms with Crippen molar-refractivity contribution < 1.29 is 42.7 Å². The van der Waals surface area contributed by atoms with Crippen LogP contribution in [0.15, 0.2) is 65.7 Å². The first kappa shape index (κ1) is 31.8. The quantitative estimate of drug-likeness (QED) is 0.237. The topological polar surface area (TPSA) is 102 Å². The molecule has 1 amide bonds. The van der Waals surface area contributed by atoms with E-state index >= 15 is 0 Å². The molecule has 1 fully saturated rings. The van der Waals surface area contributed by atoms with Crippen molar-refractivity contribution in [3.05, 3.63) is 82.4 Å². The molecule has 3 aromatic carbocycles. The van der Waals surface area contributed by atoms with Crippen molar-refractivity contribution in [2.24, 2.45) is 0 Å². The van der Waals surface area contributed by atoms with Crippen molar-refractivity contribution in [1.29, 1.82) is 0 Å². The fraction of sp³-hybridized carbons (Fsp3) is 0.294. The van der Waals surface area contributed by atoms with Crippen LogP contribution >= 0.6 is 0 Å². The molecule has 0 spiro atoms. The third-order valence-electron chi connectivity index (χ3n) is 7.47. The number of hydrogen-bond acceptors (Lipinski definition) is 9. The largest absolute Gasteiger partial charge is 0.493 e. The van der Waals surface area contributed by atoms with E-state index in [2.05, 4.69) is 0 Å². The number of cyclic esters (lactones) is 1. The Hall–Kier alpha value is -5.12. The molecule has 10 heteroatoms. The number of carbonyl (C=O) groups excluding carboxylic acids is 2. The minimum absolute atomic E-state index is 0.0257. The van der Waals surface area contributed by atoms with Crippen molar-refractivity contribution in [1.82, 2.24) is 4.90 Å². The Bertz CT molecular complexity index is 1530. The molecule has 3 aromatic rings. The van der Waals surface area contributed by atoms with E-state index in [1.165, 1.54) is 42.7 Å². The molecule has 1 aliphatic heterocycles. The van der Waals surface area contributed by atoms with Crippen LogP contribution in [0.1, 0.15) is 29.7 Å². The van der Waals surface area contributed by atoms with Crippen LogP contribution in [0.4, 0.5) is 0 Å². The molecule has 1 aliphatic rings. The van der Waals surface area contributed by atoms with Gasteiger partial charge in [0.25, 0.3) is 5.91 Å². The van der Waals surface area contributed by atoms with Crippen LogP contribution in [0.5, 0.6) is 34.5 Å². The molecule has 232 valence electrons. The van der Waals surface area contributed by atoms with Gasteiger partial charge < -0.3 is 38.1 Å². The first-order valence-corrected chi connectivity index (χ1v) is 13.8. The van der Waals surface area contributed by atoms with Crippen LogP contribution in [0, 0.1) is 0 Å². The Balaban J connectivity index is 1.98. The van der Waals surface area contributed by atoms with Gasteiger partial charge in [0, 0.05) is 7.05 Å². The van der Waals surface area contributed by atoms with Crippen molar-refractivity contribution >= 4 is 24.0 Å². The summed E-state index contributed by atoms with van der Waals surface area (Å²) in [6.45, 7) is 1.84. The Kier molecular flexibility index (Phi) is 10.0. The van der Waals surface area contributed by atoms with Gasteiger partial charge in [-0.2, -0.15) is 0 Å². The highest BCUT2D eigenvalue weighted by atomic mass is 16.5. The highest BCUT2D eigenvalue weighted by Gasteiger charge is 2.37. The average molecular weight is 604 g/mol. The molecule has 4 rings (SSSR count). The maximum absolute atomic E-state index is 14.3. The van der Waals surface area contributed by atoms with Gasteiger partial charge in [-0.3, -0.25) is 4.79 Å². The second-order valence-electron chi connectivity index (χ2n) is 9.93. The second-order valence-corrected chi connectivity index (χ2v) is 9.93. The van der Waals surface area contributed by atoms with Crippen molar-refractivity contribution in [3.8, 4) is 34.5 Å². The zero-order valence-corrected chi connectivity index (χ0v) is 26.1. The van der Waals surface area contributed by atoms with Gasteiger partial charge in [0.2, 0.25) is 11.5 Å². The number of hydrogen-bond donors (Lipinski definition) is 0. The number of carbonyl (C=O) groups is 2. The number of nitrogens with zero attached hydrogens (tertiary/aromatic N) is 1. The Labute approximate surface area is 257 Å². The molecule has 0 bridgehead atoms. The molecule has 10 nitrogen and oxygen atoms in total. The average Bonchev–Trinajstić information content (AvgIpc) is 3.06. The molecule has 0 unspecified atom stereocenters. The molecule has 1 heterocycles.